The molecule has 92 heavy (non-hydrogen) atoms. The Balaban J connectivity index is 5.18. The van der Waals surface area contributed by atoms with Crippen molar-refractivity contribution in [2.24, 2.45) is 23.7 Å². The Kier molecular flexibility index (Phi) is 61.3. The van der Waals surface area contributed by atoms with Gasteiger partial charge in [-0.15, -0.1) is 0 Å². The molecule has 0 aromatic carbocycles. The van der Waals surface area contributed by atoms with E-state index >= 15 is 0 Å². The molecule has 0 fully saturated rings. The molecule has 0 aromatic heterocycles. The van der Waals surface area contributed by atoms with E-state index < -0.39 is 97.5 Å². The van der Waals surface area contributed by atoms with Gasteiger partial charge in [-0.05, 0) is 49.4 Å². The van der Waals surface area contributed by atoms with Crippen LogP contribution >= 0.6 is 15.6 Å². The van der Waals surface area contributed by atoms with E-state index in [4.69, 9.17) is 37.0 Å². The van der Waals surface area contributed by atoms with Crippen LogP contribution in [0.3, 0.4) is 0 Å². The lowest BCUT2D eigenvalue weighted by Crippen LogP contribution is -2.30. The van der Waals surface area contributed by atoms with Crippen molar-refractivity contribution >= 4 is 39.5 Å². The summed E-state index contributed by atoms with van der Waals surface area (Å²) in [5.41, 5.74) is 0. The molecule has 19 heteroatoms. The van der Waals surface area contributed by atoms with Crippen molar-refractivity contribution in [2.45, 2.75) is 382 Å². The van der Waals surface area contributed by atoms with Gasteiger partial charge in [0.15, 0.2) is 12.2 Å². The zero-order valence-electron chi connectivity index (χ0n) is 60.2. The summed E-state index contributed by atoms with van der Waals surface area (Å²) < 4.78 is 68.3. The number of aliphatic hydroxyl groups excluding tert-OH is 1. The monoisotopic (exact) mass is 1350 g/mol. The standard InChI is InChI=1S/C73H142O17P2/c1-63(2)49-41-33-25-18-15-13-11-9-10-12-14-16-20-29-37-45-53-70(75)83-60-69(90-73(78)56-48-40-32-24-28-36-44-52-66(7)8)62-88-92(81,82)86-58-67(74)57-85-91(79,80)87-61-68(59-84-71(76)54-46-38-30-23-22-27-35-43-51-65(5)6)89-72(77)55-47-39-31-21-17-19-26-34-42-50-64(3)4/h63-69,74H,9-62H2,1-8H3,(H,79,80)(H,81,82)/t67?,68-,69-/m1/s1. The van der Waals surface area contributed by atoms with Crippen LogP contribution < -0.4 is 0 Å². The zero-order valence-corrected chi connectivity index (χ0v) is 62.0. The molecule has 0 aromatic rings. The number of phosphoric ester groups is 2. The number of ether oxygens (including phenoxy) is 4. The van der Waals surface area contributed by atoms with Gasteiger partial charge in [0.05, 0.1) is 26.4 Å². The minimum atomic E-state index is -4.95. The van der Waals surface area contributed by atoms with Gasteiger partial charge in [0.2, 0.25) is 0 Å². The molecule has 0 bridgehead atoms. The van der Waals surface area contributed by atoms with Gasteiger partial charge in [0.1, 0.15) is 19.3 Å². The second kappa shape index (κ2) is 62.6. The molecule has 0 aliphatic carbocycles. The molecule has 0 heterocycles. The highest BCUT2D eigenvalue weighted by Gasteiger charge is 2.30. The molecule has 5 atom stereocenters. The fourth-order valence-corrected chi connectivity index (χ4v) is 12.6. The normalized spacial score (nSPS) is 14.2. The third kappa shape index (κ3) is 66.7. The number of carbonyl (C=O) groups excluding carboxylic acids is 4. The maximum absolute atomic E-state index is 13.0. The van der Waals surface area contributed by atoms with Gasteiger partial charge in [-0.3, -0.25) is 37.3 Å². The van der Waals surface area contributed by atoms with Crippen molar-refractivity contribution in [2.75, 3.05) is 39.6 Å². The quantitative estimate of drug-likeness (QED) is 0.0222. The van der Waals surface area contributed by atoms with Gasteiger partial charge < -0.3 is 33.8 Å². The largest absolute Gasteiger partial charge is 0.472 e. The molecule has 0 saturated heterocycles. The second-order valence-electron chi connectivity index (χ2n) is 28.2. The smallest absolute Gasteiger partial charge is 0.462 e. The van der Waals surface area contributed by atoms with Crippen molar-refractivity contribution in [1.29, 1.82) is 0 Å². The highest BCUT2D eigenvalue weighted by atomic mass is 31.2. The Bertz CT molecular complexity index is 1820. The summed E-state index contributed by atoms with van der Waals surface area (Å²) >= 11 is 0. The third-order valence-corrected chi connectivity index (χ3v) is 18.7. The summed E-state index contributed by atoms with van der Waals surface area (Å²) in [5.74, 6) is 0.842. The summed E-state index contributed by atoms with van der Waals surface area (Å²) in [4.78, 5) is 72.6. The Hall–Kier alpha value is -1.94. The van der Waals surface area contributed by atoms with Crippen LogP contribution in [0.15, 0.2) is 0 Å². The van der Waals surface area contributed by atoms with Crippen molar-refractivity contribution < 1.29 is 80.2 Å². The van der Waals surface area contributed by atoms with Gasteiger partial charge in [-0.25, -0.2) is 9.13 Å². The molecule has 546 valence electrons. The lowest BCUT2D eigenvalue weighted by molar-refractivity contribution is -0.161. The summed E-state index contributed by atoms with van der Waals surface area (Å²) in [5, 5.41) is 10.6. The maximum Gasteiger partial charge on any atom is 0.472 e. The molecule has 17 nitrogen and oxygen atoms in total. The number of rotatable bonds is 70. The van der Waals surface area contributed by atoms with Crippen molar-refractivity contribution in [3.05, 3.63) is 0 Å². The first kappa shape index (κ1) is 90.1. The van der Waals surface area contributed by atoms with E-state index in [-0.39, 0.29) is 25.7 Å². The molecule has 0 aliphatic rings. The van der Waals surface area contributed by atoms with E-state index in [2.05, 4.69) is 55.4 Å². The third-order valence-electron chi connectivity index (χ3n) is 16.8. The Morgan fingerprint density at radius 3 is 0.674 bits per heavy atom. The van der Waals surface area contributed by atoms with E-state index in [0.29, 0.717) is 31.6 Å². The van der Waals surface area contributed by atoms with Crippen molar-refractivity contribution in [3.63, 3.8) is 0 Å². The van der Waals surface area contributed by atoms with Crippen LogP contribution in [0, 0.1) is 23.7 Å². The number of unbranched alkanes of at least 4 members (excludes halogenated alkanes) is 36. The second-order valence-corrected chi connectivity index (χ2v) is 31.1. The summed E-state index contributed by atoms with van der Waals surface area (Å²) in [6.45, 7) is 14.1. The first-order valence-corrected chi connectivity index (χ1v) is 40.7. The first-order valence-electron chi connectivity index (χ1n) is 37.7. The highest BCUT2D eigenvalue weighted by molar-refractivity contribution is 7.47. The van der Waals surface area contributed by atoms with Gasteiger partial charge >= 0.3 is 39.5 Å². The van der Waals surface area contributed by atoms with E-state index in [0.717, 1.165) is 108 Å². The van der Waals surface area contributed by atoms with E-state index in [1.165, 1.54) is 167 Å². The highest BCUT2D eigenvalue weighted by Crippen LogP contribution is 2.45. The Morgan fingerprint density at radius 2 is 0.457 bits per heavy atom. The molecule has 0 aliphatic heterocycles. The van der Waals surface area contributed by atoms with Crippen molar-refractivity contribution in [1.82, 2.24) is 0 Å². The molecule has 0 saturated carbocycles. The van der Waals surface area contributed by atoms with Crippen LogP contribution in [0.5, 0.6) is 0 Å². The van der Waals surface area contributed by atoms with Gasteiger partial charge in [0.25, 0.3) is 0 Å². The molecule has 3 unspecified atom stereocenters. The van der Waals surface area contributed by atoms with Crippen LogP contribution in [0.2, 0.25) is 0 Å². The minimum Gasteiger partial charge on any atom is -0.462 e. The molecule has 0 rings (SSSR count). The molecular formula is C73H142O17P2. The van der Waals surface area contributed by atoms with Crippen LogP contribution in [-0.2, 0) is 65.4 Å². The lowest BCUT2D eigenvalue weighted by atomic mass is 10.0. The van der Waals surface area contributed by atoms with Crippen LogP contribution in [0.4, 0.5) is 0 Å². The first-order chi connectivity index (χ1) is 44.1. The van der Waals surface area contributed by atoms with Gasteiger partial charge in [-0.1, -0.05) is 312 Å². The maximum atomic E-state index is 13.0. The fourth-order valence-electron chi connectivity index (χ4n) is 11.0. The molecule has 0 radical (unpaired) electrons. The molecular weight excluding hydrogens is 1210 g/mol. The number of hydrogen-bond acceptors (Lipinski definition) is 15. The van der Waals surface area contributed by atoms with Crippen LogP contribution in [0.25, 0.3) is 0 Å². The number of esters is 4. The van der Waals surface area contributed by atoms with Crippen LogP contribution in [0.1, 0.15) is 364 Å². The van der Waals surface area contributed by atoms with Crippen molar-refractivity contribution in [3.8, 4) is 0 Å². The zero-order chi connectivity index (χ0) is 68.2. The Morgan fingerprint density at radius 1 is 0.272 bits per heavy atom. The number of aliphatic hydroxyl groups is 1. The van der Waals surface area contributed by atoms with Gasteiger partial charge in [-0.2, -0.15) is 0 Å². The SMILES string of the molecule is CC(C)CCCCCCCCCCCCCCCCCCC(=O)OC[C@H](COP(=O)(O)OCC(O)COP(=O)(O)OC[C@@H](COC(=O)CCCCCCCCCCC(C)C)OC(=O)CCCCCCCCCCCC(C)C)OC(=O)CCCCCCCCCC(C)C. The topological polar surface area (TPSA) is 237 Å². The molecule has 0 amide bonds. The lowest BCUT2D eigenvalue weighted by Gasteiger charge is -2.21. The molecule has 3 N–H and O–H groups in total. The average molecular weight is 1350 g/mol. The number of hydrogen-bond donors (Lipinski definition) is 3. The van der Waals surface area contributed by atoms with E-state index in [1.54, 1.807) is 0 Å². The predicted molar refractivity (Wildman–Crippen MR) is 372 cm³/mol. The summed E-state index contributed by atoms with van der Waals surface area (Å²) in [6, 6.07) is 0. The number of phosphoric acid groups is 2. The van der Waals surface area contributed by atoms with Gasteiger partial charge in [0, 0.05) is 25.7 Å². The fraction of sp³-hybridized carbons (Fsp3) is 0.945. The summed E-state index contributed by atoms with van der Waals surface area (Å²) in [7, 11) is -9.91. The Labute approximate surface area is 562 Å². The minimum absolute atomic E-state index is 0.103. The number of carbonyl (C=O) groups is 4. The summed E-state index contributed by atoms with van der Waals surface area (Å²) in [6.07, 6.45) is 46.1. The predicted octanol–water partition coefficient (Wildman–Crippen LogP) is 20.9. The molecule has 0 spiro atoms. The van der Waals surface area contributed by atoms with E-state index in [1.807, 2.05) is 0 Å². The van der Waals surface area contributed by atoms with E-state index in [9.17, 15) is 43.2 Å². The average Bonchev–Trinajstić information content (AvgIpc) is 2.25. The van der Waals surface area contributed by atoms with Crippen LogP contribution in [-0.4, -0.2) is 96.7 Å².